The smallest absolute Gasteiger partial charge is 0.253 e. The van der Waals surface area contributed by atoms with Crippen LogP contribution in [0.5, 0.6) is 0 Å². The molecule has 0 saturated carbocycles. The van der Waals surface area contributed by atoms with Gasteiger partial charge in [0.1, 0.15) is 0 Å². The van der Waals surface area contributed by atoms with Crippen molar-refractivity contribution in [2.24, 2.45) is 0 Å². The number of aromatic nitrogens is 1. The number of nitrogens with one attached hydrogen (secondary N) is 1. The largest absolute Gasteiger partial charge is 0.348 e. The fourth-order valence-electron chi connectivity index (χ4n) is 1.70. The highest BCUT2D eigenvalue weighted by Crippen LogP contribution is 2.19. The van der Waals surface area contributed by atoms with Gasteiger partial charge in [-0.25, -0.2) is 0 Å². The maximum atomic E-state index is 11.3. The number of fused-ring (bicyclic) bond motifs is 1. The summed E-state index contributed by atoms with van der Waals surface area (Å²) in [6.07, 6.45) is 0.919. The Hall–Kier alpha value is -1.38. The topological polar surface area (TPSA) is 42.0 Å². The lowest BCUT2D eigenvalue weighted by Gasteiger charge is -2.03. The van der Waals surface area contributed by atoms with Crippen molar-refractivity contribution >= 4 is 5.91 Å². The van der Waals surface area contributed by atoms with Gasteiger partial charge < -0.3 is 5.32 Å². The second-order valence-corrected chi connectivity index (χ2v) is 3.27. The molecule has 3 nitrogen and oxygen atoms in total. The zero-order chi connectivity index (χ0) is 9.42. The predicted octanol–water partition coefficient (Wildman–Crippen LogP) is 1.20. The molecule has 1 aromatic heterocycles. The SMILES string of the molecule is CCc1cc2c(c(C)n1)C(=O)NC2. The fourth-order valence-corrected chi connectivity index (χ4v) is 1.70. The number of pyridine rings is 1. The molecule has 2 rings (SSSR count). The van der Waals surface area contributed by atoms with Crippen molar-refractivity contribution in [2.75, 3.05) is 0 Å². The van der Waals surface area contributed by atoms with Gasteiger partial charge in [-0.3, -0.25) is 9.78 Å². The van der Waals surface area contributed by atoms with Crippen LogP contribution in [0.25, 0.3) is 0 Å². The molecule has 0 unspecified atom stereocenters. The zero-order valence-corrected chi connectivity index (χ0v) is 7.85. The molecular formula is C10H12N2O. The molecule has 68 valence electrons. The molecule has 0 radical (unpaired) electrons. The van der Waals surface area contributed by atoms with Crippen LogP contribution in [0.1, 0.15) is 34.2 Å². The lowest BCUT2D eigenvalue weighted by Crippen LogP contribution is -2.13. The molecule has 0 aliphatic carbocycles. The summed E-state index contributed by atoms with van der Waals surface area (Å²) < 4.78 is 0. The van der Waals surface area contributed by atoms with Crippen LogP contribution in [0, 0.1) is 6.92 Å². The van der Waals surface area contributed by atoms with Crippen molar-refractivity contribution in [3.05, 3.63) is 28.6 Å². The van der Waals surface area contributed by atoms with Crippen LogP contribution in [0.3, 0.4) is 0 Å². The molecule has 1 aliphatic rings. The number of carbonyl (C=O) groups excluding carboxylic acids is 1. The fraction of sp³-hybridized carbons (Fsp3) is 0.400. The Morgan fingerprint density at radius 3 is 3.08 bits per heavy atom. The Balaban J connectivity index is 2.59. The summed E-state index contributed by atoms with van der Waals surface area (Å²) >= 11 is 0. The standard InChI is InChI=1S/C10H12N2O/c1-3-8-4-7-5-11-10(13)9(7)6(2)12-8/h4H,3,5H2,1-2H3,(H,11,13). The van der Waals surface area contributed by atoms with Crippen LogP contribution in [-0.2, 0) is 13.0 Å². The first kappa shape index (κ1) is 8.23. The van der Waals surface area contributed by atoms with E-state index in [1.165, 1.54) is 0 Å². The summed E-state index contributed by atoms with van der Waals surface area (Å²) in [7, 11) is 0. The highest BCUT2D eigenvalue weighted by atomic mass is 16.1. The molecule has 0 atom stereocenters. The molecule has 3 heteroatoms. The molecular weight excluding hydrogens is 164 g/mol. The second kappa shape index (κ2) is 2.83. The normalized spacial score (nSPS) is 14.2. The molecule has 1 amide bonds. The quantitative estimate of drug-likeness (QED) is 0.698. The average Bonchev–Trinajstić information content (AvgIpc) is 2.48. The summed E-state index contributed by atoms with van der Waals surface area (Å²) in [5.74, 6) is 0.0163. The van der Waals surface area contributed by atoms with Gasteiger partial charge in [0.25, 0.3) is 5.91 Å². The van der Waals surface area contributed by atoms with Crippen LogP contribution in [0.2, 0.25) is 0 Å². The monoisotopic (exact) mass is 176 g/mol. The molecule has 13 heavy (non-hydrogen) atoms. The summed E-state index contributed by atoms with van der Waals surface area (Å²) in [5.41, 5.74) is 3.78. The molecule has 0 bridgehead atoms. The van der Waals surface area contributed by atoms with Gasteiger partial charge >= 0.3 is 0 Å². The third-order valence-electron chi connectivity index (χ3n) is 2.36. The first-order valence-corrected chi connectivity index (χ1v) is 4.50. The van der Waals surface area contributed by atoms with E-state index in [1.807, 2.05) is 13.0 Å². The third kappa shape index (κ3) is 1.20. The Morgan fingerprint density at radius 1 is 1.62 bits per heavy atom. The van der Waals surface area contributed by atoms with Crippen LogP contribution < -0.4 is 5.32 Å². The summed E-state index contributed by atoms with van der Waals surface area (Å²) in [6.45, 7) is 4.62. The Labute approximate surface area is 77.2 Å². The number of hydrogen-bond donors (Lipinski definition) is 1. The molecule has 0 aromatic carbocycles. The number of nitrogens with zero attached hydrogens (tertiary/aromatic N) is 1. The minimum absolute atomic E-state index is 0.0163. The molecule has 0 fully saturated rings. The van der Waals surface area contributed by atoms with Crippen molar-refractivity contribution in [1.29, 1.82) is 0 Å². The maximum absolute atomic E-state index is 11.3. The number of amides is 1. The maximum Gasteiger partial charge on any atom is 0.253 e. The van der Waals surface area contributed by atoms with Crippen LogP contribution >= 0.6 is 0 Å². The number of rotatable bonds is 1. The predicted molar refractivity (Wildman–Crippen MR) is 49.5 cm³/mol. The van der Waals surface area contributed by atoms with E-state index >= 15 is 0 Å². The zero-order valence-electron chi connectivity index (χ0n) is 7.85. The van der Waals surface area contributed by atoms with Crippen molar-refractivity contribution in [3.8, 4) is 0 Å². The molecule has 2 heterocycles. The van der Waals surface area contributed by atoms with Crippen molar-refractivity contribution in [2.45, 2.75) is 26.8 Å². The summed E-state index contributed by atoms with van der Waals surface area (Å²) in [6, 6.07) is 2.01. The van der Waals surface area contributed by atoms with E-state index in [9.17, 15) is 4.79 Å². The van der Waals surface area contributed by atoms with E-state index in [0.29, 0.717) is 6.54 Å². The highest BCUT2D eigenvalue weighted by molar-refractivity contribution is 5.99. The first-order valence-electron chi connectivity index (χ1n) is 4.50. The van der Waals surface area contributed by atoms with Crippen molar-refractivity contribution in [3.63, 3.8) is 0 Å². The van der Waals surface area contributed by atoms with E-state index in [-0.39, 0.29) is 5.91 Å². The molecule has 1 N–H and O–H groups in total. The van der Waals surface area contributed by atoms with Gasteiger partial charge in [0.2, 0.25) is 0 Å². The second-order valence-electron chi connectivity index (χ2n) is 3.27. The minimum atomic E-state index is 0.0163. The lowest BCUT2D eigenvalue weighted by molar-refractivity contribution is 0.0965. The molecule has 1 aromatic rings. The van der Waals surface area contributed by atoms with Gasteiger partial charge in [0, 0.05) is 12.2 Å². The van der Waals surface area contributed by atoms with Gasteiger partial charge in [0.15, 0.2) is 0 Å². The van der Waals surface area contributed by atoms with E-state index in [4.69, 9.17) is 0 Å². The average molecular weight is 176 g/mol. The van der Waals surface area contributed by atoms with Crippen LogP contribution in [0.4, 0.5) is 0 Å². The number of hydrogen-bond acceptors (Lipinski definition) is 2. The van der Waals surface area contributed by atoms with Crippen LogP contribution in [-0.4, -0.2) is 10.9 Å². The van der Waals surface area contributed by atoms with Gasteiger partial charge in [0.05, 0.1) is 11.3 Å². The van der Waals surface area contributed by atoms with Gasteiger partial charge in [-0.2, -0.15) is 0 Å². The third-order valence-corrected chi connectivity index (χ3v) is 2.36. The van der Waals surface area contributed by atoms with Crippen molar-refractivity contribution < 1.29 is 4.79 Å². The van der Waals surface area contributed by atoms with E-state index in [1.54, 1.807) is 0 Å². The summed E-state index contributed by atoms with van der Waals surface area (Å²) in [5, 5.41) is 2.80. The van der Waals surface area contributed by atoms with E-state index in [2.05, 4.69) is 17.2 Å². The first-order chi connectivity index (χ1) is 6.22. The van der Waals surface area contributed by atoms with Crippen molar-refractivity contribution in [1.82, 2.24) is 10.3 Å². The molecule has 0 spiro atoms. The van der Waals surface area contributed by atoms with Crippen LogP contribution in [0.15, 0.2) is 6.07 Å². The summed E-state index contributed by atoms with van der Waals surface area (Å²) in [4.78, 5) is 15.7. The molecule has 1 aliphatic heterocycles. The Kier molecular flexibility index (Phi) is 1.79. The van der Waals surface area contributed by atoms with E-state index in [0.717, 1.165) is 28.9 Å². The Morgan fingerprint density at radius 2 is 2.38 bits per heavy atom. The lowest BCUT2D eigenvalue weighted by atomic mass is 10.1. The Bertz CT molecular complexity index is 371. The highest BCUT2D eigenvalue weighted by Gasteiger charge is 2.21. The van der Waals surface area contributed by atoms with E-state index < -0.39 is 0 Å². The van der Waals surface area contributed by atoms with Gasteiger partial charge in [-0.05, 0) is 25.0 Å². The molecule has 0 saturated heterocycles. The minimum Gasteiger partial charge on any atom is -0.348 e. The number of aryl methyl sites for hydroxylation is 2. The van der Waals surface area contributed by atoms with Gasteiger partial charge in [-0.1, -0.05) is 6.92 Å². The van der Waals surface area contributed by atoms with Gasteiger partial charge in [-0.15, -0.1) is 0 Å². The number of carbonyl (C=O) groups is 1.